The third-order valence-electron chi connectivity index (χ3n) is 1.32. The minimum atomic E-state index is -4.02. The van der Waals surface area contributed by atoms with Crippen molar-refractivity contribution in [2.75, 3.05) is 13.6 Å². The molecule has 0 bridgehead atoms. The topological polar surface area (TPSA) is 12.0 Å². The van der Waals surface area contributed by atoms with Gasteiger partial charge in [0.05, 0.1) is 0 Å². The molecule has 0 heterocycles. The van der Waals surface area contributed by atoms with Crippen molar-refractivity contribution in [2.24, 2.45) is 0 Å². The average molecular weight is 181 g/mol. The minimum Gasteiger partial charge on any atom is -0.319 e. The van der Waals surface area contributed by atoms with Crippen molar-refractivity contribution in [1.29, 1.82) is 0 Å². The molecule has 0 saturated carbocycles. The van der Waals surface area contributed by atoms with Crippen molar-refractivity contribution in [1.82, 2.24) is 5.32 Å². The Morgan fingerprint density at radius 1 is 1.17 bits per heavy atom. The lowest BCUT2D eigenvalue weighted by Crippen LogP contribution is -2.06. The van der Waals surface area contributed by atoms with E-state index in [0.717, 1.165) is 13.0 Å². The lowest BCUT2D eigenvalue weighted by molar-refractivity contribution is -0.133. The van der Waals surface area contributed by atoms with E-state index in [4.69, 9.17) is 0 Å². The first-order valence-corrected chi connectivity index (χ1v) is 3.92. The van der Waals surface area contributed by atoms with Crippen LogP contribution in [-0.2, 0) is 0 Å². The third kappa shape index (κ3) is 9.49. The molecule has 72 valence electrons. The number of hydrogen-bond acceptors (Lipinski definition) is 1. The smallest absolute Gasteiger partial charge is 0.319 e. The third-order valence-corrected chi connectivity index (χ3v) is 1.32. The summed E-state index contributed by atoms with van der Waals surface area (Å²) >= 11 is 0. The van der Waals surface area contributed by atoms with E-state index >= 15 is 0 Å². The standard InChI is InChI=1S/C8H14F3N/c1-12-7-5-3-2-4-6-8(9,10)11/h2-3,12H,4-7H2,1H3. The van der Waals surface area contributed by atoms with E-state index in [1.165, 1.54) is 0 Å². The Labute approximate surface area is 70.7 Å². The second-order valence-corrected chi connectivity index (χ2v) is 2.52. The maximum Gasteiger partial charge on any atom is 0.389 e. The van der Waals surface area contributed by atoms with Crippen molar-refractivity contribution in [3.8, 4) is 0 Å². The quantitative estimate of drug-likeness (QED) is 0.507. The van der Waals surface area contributed by atoms with Gasteiger partial charge in [0.1, 0.15) is 0 Å². The van der Waals surface area contributed by atoms with Crippen LogP contribution in [0, 0.1) is 0 Å². The molecule has 0 aliphatic rings. The van der Waals surface area contributed by atoms with E-state index < -0.39 is 12.6 Å². The molecule has 1 nitrogen and oxygen atoms in total. The molecular weight excluding hydrogens is 167 g/mol. The molecule has 0 rings (SSSR count). The number of halogens is 3. The molecule has 0 amide bonds. The van der Waals surface area contributed by atoms with Crippen molar-refractivity contribution >= 4 is 0 Å². The van der Waals surface area contributed by atoms with Crippen LogP contribution in [-0.4, -0.2) is 19.8 Å². The molecule has 0 spiro atoms. The second kappa shape index (κ2) is 6.06. The Balaban J connectivity index is 3.25. The van der Waals surface area contributed by atoms with Gasteiger partial charge in [0.2, 0.25) is 0 Å². The van der Waals surface area contributed by atoms with E-state index in [9.17, 15) is 13.2 Å². The molecule has 1 N–H and O–H groups in total. The van der Waals surface area contributed by atoms with Crippen LogP contribution < -0.4 is 5.32 Å². The Morgan fingerprint density at radius 3 is 2.25 bits per heavy atom. The summed E-state index contributed by atoms with van der Waals surface area (Å²) in [6.45, 7) is 0.808. The van der Waals surface area contributed by atoms with E-state index in [2.05, 4.69) is 5.32 Å². The largest absolute Gasteiger partial charge is 0.389 e. The van der Waals surface area contributed by atoms with E-state index in [-0.39, 0.29) is 6.42 Å². The van der Waals surface area contributed by atoms with Crippen LogP contribution >= 0.6 is 0 Å². The molecule has 0 fully saturated rings. The number of hydrogen-bond donors (Lipinski definition) is 1. The van der Waals surface area contributed by atoms with Gasteiger partial charge in [0.25, 0.3) is 0 Å². The van der Waals surface area contributed by atoms with Crippen LogP contribution in [0.2, 0.25) is 0 Å². The lowest BCUT2D eigenvalue weighted by atomic mass is 10.2. The first-order chi connectivity index (χ1) is 5.56. The van der Waals surface area contributed by atoms with Crippen molar-refractivity contribution in [3.63, 3.8) is 0 Å². The summed E-state index contributed by atoms with van der Waals surface area (Å²) in [6, 6.07) is 0. The molecule has 0 aromatic carbocycles. The SMILES string of the molecule is CNCCC=CCCC(F)(F)F. The molecule has 0 aliphatic carbocycles. The van der Waals surface area contributed by atoms with Gasteiger partial charge in [-0.2, -0.15) is 13.2 Å². The van der Waals surface area contributed by atoms with Gasteiger partial charge in [-0.1, -0.05) is 12.2 Å². The van der Waals surface area contributed by atoms with Crippen molar-refractivity contribution in [3.05, 3.63) is 12.2 Å². The number of allylic oxidation sites excluding steroid dienone is 1. The molecule has 0 atom stereocenters. The average Bonchev–Trinajstić information content (AvgIpc) is 1.94. The van der Waals surface area contributed by atoms with Gasteiger partial charge < -0.3 is 5.32 Å². The van der Waals surface area contributed by atoms with Gasteiger partial charge in [-0.05, 0) is 26.4 Å². The molecule has 0 saturated heterocycles. The summed E-state index contributed by atoms with van der Waals surface area (Å²) in [7, 11) is 1.81. The Hall–Kier alpha value is -0.510. The highest BCUT2D eigenvalue weighted by atomic mass is 19.4. The zero-order valence-corrected chi connectivity index (χ0v) is 7.12. The highest BCUT2D eigenvalue weighted by Gasteiger charge is 2.25. The Bertz CT molecular complexity index is 129. The van der Waals surface area contributed by atoms with Gasteiger partial charge >= 0.3 is 6.18 Å². The predicted molar refractivity (Wildman–Crippen MR) is 43.0 cm³/mol. The minimum absolute atomic E-state index is 0.0905. The lowest BCUT2D eigenvalue weighted by Gasteiger charge is -2.01. The zero-order chi connectivity index (χ0) is 9.45. The molecule has 0 aromatic rings. The fourth-order valence-corrected chi connectivity index (χ4v) is 0.710. The van der Waals surface area contributed by atoms with Gasteiger partial charge in [-0.25, -0.2) is 0 Å². The monoisotopic (exact) mass is 181 g/mol. The first kappa shape index (κ1) is 11.5. The first-order valence-electron chi connectivity index (χ1n) is 3.92. The van der Waals surface area contributed by atoms with E-state index in [0.29, 0.717) is 0 Å². The summed E-state index contributed by atoms with van der Waals surface area (Å²) in [5, 5.41) is 2.90. The summed E-state index contributed by atoms with van der Waals surface area (Å²) in [5.41, 5.74) is 0. The molecule has 4 heteroatoms. The van der Waals surface area contributed by atoms with Crippen molar-refractivity contribution in [2.45, 2.75) is 25.4 Å². The predicted octanol–water partition coefficient (Wildman–Crippen LogP) is 2.49. The summed E-state index contributed by atoms with van der Waals surface area (Å²) in [4.78, 5) is 0. The van der Waals surface area contributed by atoms with Crippen LogP contribution in [0.25, 0.3) is 0 Å². The zero-order valence-electron chi connectivity index (χ0n) is 7.12. The molecular formula is C8H14F3N. The second-order valence-electron chi connectivity index (χ2n) is 2.52. The summed E-state index contributed by atoms with van der Waals surface area (Å²) < 4.78 is 34.8. The molecule has 12 heavy (non-hydrogen) atoms. The van der Waals surface area contributed by atoms with E-state index in [1.807, 2.05) is 7.05 Å². The normalized spacial score (nSPS) is 12.7. The maximum absolute atomic E-state index is 11.6. The Kier molecular flexibility index (Phi) is 5.80. The van der Waals surface area contributed by atoms with Gasteiger partial charge in [0.15, 0.2) is 0 Å². The molecule has 0 unspecified atom stereocenters. The van der Waals surface area contributed by atoms with Crippen LogP contribution in [0.4, 0.5) is 13.2 Å². The molecule has 0 radical (unpaired) electrons. The van der Waals surface area contributed by atoms with Crippen molar-refractivity contribution < 1.29 is 13.2 Å². The Morgan fingerprint density at radius 2 is 1.75 bits per heavy atom. The van der Waals surface area contributed by atoms with Gasteiger partial charge in [-0.15, -0.1) is 0 Å². The van der Waals surface area contributed by atoms with Crippen LogP contribution in [0.3, 0.4) is 0 Å². The van der Waals surface area contributed by atoms with Crippen LogP contribution in [0.15, 0.2) is 12.2 Å². The summed E-state index contributed by atoms with van der Waals surface area (Å²) in [5.74, 6) is 0. The number of nitrogens with one attached hydrogen (secondary N) is 1. The maximum atomic E-state index is 11.6. The van der Waals surface area contributed by atoms with E-state index in [1.54, 1.807) is 12.2 Å². The van der Waals surface area contributed by atoms with Gasteiger partial charge in [-0.3, -0.25) is 0 Å². The highest BCUT2D eigenvalue weighted by molar-refractivity contribution is 4.82. The number of alkyl halides is 3. The molecule has 0 aromatic heterocycles. The fourth-order valence-electron chi connectivity index (χ4n) is 0.710. The summed E-state index contributed by atoms with van der Waals surface area (Å²) in [6.07, 6.45) is -0.523. The van der Waals surface area contributed by atoms with Gasteiger partial charge in [0, 0.05) is 6.42 Å². The fraction of sp³-hybridized carbons (Fsp3) is 0.750. The van der Waals surface area contributed by atoms with Crippen LogP contribution in [0.1, 0.15) is 19.3 Å². The van der Waals surface area contributed by atoms with Crippen LogP contribution in [0.5, 0.6) is 0 Å². The molecule has 0 aliphatic heterocycles. The number of rotatable bonds is 5. The highest BCUT2D eigenvalue weighted by Crippen LogP contribution is 2.21.